The maximum Gasteiger partial charge on any atom is 0.278 e. The number of hydrogen-bond acceptors (Lipinski definition) is 5. The van der Waals surface area contributed by atoms with Crippen LogP contribution in [0.15, 0.2) is 36.7 Å². The molecule has 1 aromatic carbocycles. The minimum absolute atomic E-state index is 0.0503. The van der Waals surface area contributed by atoms with E-state index in [1.807, 2.05) is 0 Å². The first-order valence-electron chi connectivity index (χ1n) is 8.24. The average Bonchev–Trinajstić information content (AvgIpc) is 2.64. The van der Waals surface area contributed by atoms with Gasteiger partial charge >= 0.3 is 0 Å². The first kappa shape index (κ1) is 17.5. The lowest BCUT2D eigenvalue weighted by atomic mass is 9.92. The first-order chi connectivity index (χ1) is 12.2. The van der Waals surface area contributed by atoms with E-state index in [4.69, 9.17) is 21.1 Å². The molecule has 1 amide bonds. The van der Waals surface area contributed by atoms with E-state index in [2.05, 4.69) is 15.3 Å². The molecule has 2 aromatic rings. The van der Waals surface area contributed by atoms with Crippen molar-refractivity contribution in [3.05, 3.63) is 47.2 Å². The number of carbonyl (C=O) groups excluding carboxylic acids is 1. The Morgan fingerprint density at radius 3 is 2.36 bits per heavy atom. The number of amides is 1. The Morgan fingerprint density at radius 2 is 1.72 bits per heavy atom. The van der Waals surface area contributed by atoms with Crippen LogP contribution in [0.25, 0.3) is 0 Å². The Balaban J connectivity index is 1.50. The van der Waals surface area contributed by atoms with Crippen molar-refractivity contribution in [2.24, 2.45) is 0 Å². The van der Waals surface area contributed by atoms with Crippen LogP contribution in [0.1, 0.15) is 36.0 Å². The van der Waals surface area contributed by atoms with Gasteiger partial charge in [0.2, 0.25) is 0 Å². The highest BCUT2D eigenvalue weighted by molar-refractivity contribution is 6.30. The molecule has 0 atom stereocenters. The van der Waals surface area contributed by atoms with Crippen LogP contribution in [0.5, 0.6) is 11.8 Å². The molecule has 1 saturated carbocycles. The number of benzene rings is 1. The van der Waals surface area contributed by atoms with Gasteiger partial charge in [-0.25, -0.2) is 9.97 Å². The summed E-state index contributed by atoms with van der Waals surface area (Å²) in [5.41, 5.74) is 0.618. The van der Waals surface area contributed by atoms with Crippen LogP contribution in [0, 0.1) is 0 Å². The van der Waals surface area contributed by atoms with Crippen molar-refractivity contribution < 1.29 is 14.3 Å². The van der Waals surface area contributed by atoms with Crippen molar-refractivity contribution in [3.8, 4) is 11.8 Å². The zero-order valence-corrected chi connectivity index (χ0v) is 14.7. The van der Waals surface area contributed by atoms with Crippen molar-refractivity contribution in [2.75, 3.05) is 7.11 Å². The van der Waals surface area contributed by atoms with Crippen LogP contribution in [0.3, 0.4) is 0 Å². The van der Waals surface area contributed by atoms with Gasteiger partial charge in [0.25, 0.3) is 17.7 Å². The minimum atomic E-state index is -0.0726. The number of methoxy groups -OCH3 is 1. The summed E-state index contributed by atoms with van der Waals surface area (Å²) in [7, 11) is 1.54. The lowest BCUT2D eigenvalue weighted by Crippen LogP contribution is -2.39. The fourth-order valence-electron chi connectivity index (χ4n) is 2.89. The lowest BCUT2D eigenvalue weighted by molar-refractivity contribution is 0.0886. The maximum atomic E-state index is 12.3. The second kappa shape index (κ2) is 8.16. The smallest absolute Gasteiger partial charge is 0.278 e. The molecule has 0 bridgehead atoms. The molecule has 0 unspecified atom stereocenters. The van der Waals surface area contributed by atoms with Crippen molar-refractivity contribution in [2.45, 2.75) is 37.8 Å². The second-order valence-electron chi connectivity index (χ2n) is 5.94. The molecule has 0 aliphatic heterocycles. The van der Waals surface area contributed by atoms with Gasteiger partial charge < -0.3 is 14.8 Å². The topological polar surface area (TPSA) is 73.3 Å². The highest BCUT2D eigenvalue weighted by Gasteiger charge is 2.25. The molecule has 1 aliphatic rings. The summed E-state index contributed by atoms with van der Waals surface area (Å²) in [6, 6.07) is 7.04. The summed E-state index contributed by atoms with van der Waals surface area (Å²) in [5.74, 6) is 0.732. The Hall–Kier alpha value is -2.34. The maximum absolute atomic E-state index is 12.3. The van der Waals surface area contributed by atoms with Crippen LogP contribution < -0.4 is 14.8 Å². The molecule has 6 nitrogen and oxygen atoms in total. The van der Waals surface area contributed by atoms with E-state index in [1.54, 1.807) is 43.8 Å². The molecule has 1 aliphatic carbocycles. The molecule has 0 saturated heterocycles. The Labute approximate surface area is 151 Å². The van der Waals surface area contributed by atoms with E-state index >= 15 is 0 Å². The third kappa shape index (κ3) is 4.60. The summed E-state index contributed by atoms with van der Waals surface area (Å²) in [6.45, 7) is 0. The number of ether oxygens (including phenoxy) is 2. The molecule has 1 heterocycles. The molecule has 0 radical (unpaired) electrons. The van der Waals surface area contributed by atoms with Crippen LogP contribution in [-0.4, -0.2) is 35.1 Å². The van der Waals surface area contributed by atoms with Gasteiger partial charge in [0, 0.05) is 29.0 Å². The number of hydrogen-bond donors (Lipinski definition) is 1. The van der Waals surface area contributed by atoms with Gasteiger partial charge in [0.15, 0.2) is 0 Å². The van der Waals surface area contributed by atoms with Crippen molar-refractivity contribution in [3.63, 3.8) is 0 Å². The fourth-order valence-corrected chi connectivity index (χ4v) is 3.01. The number of aromatic nitrogens is 2. The van der Waals surface area contributed by atoms with Gasteiger partial charge in [-0.3, -0.25) is 4.79 Å². The van der Waals surface area contributed by atoms with Gasteiger partial charge in [0.05, 0.1) is 7.11 Å². The number of nitrogens with zero attached hydrogens (tertiary/aromatic N) is 2. The van der Waals surface area contributed by atoms with Gasteiger partial charge in [0.1, 0.15) is 6.10 Å². The van der Waals surface area contributed by atoms with Gasteiger partial charge in [-0.1, -0.05) is 11.6 Å². The first-order valence-corrected chi connectivity index (χ1v) is 8.61. The molecular weight excluding hydrogens is 342 g/mol. The summed E-state index contributed by atoms with van der Waals surface area (Å²) in [4.78, 5) is 20.5. The molecular formula is C18H20ClN3O3. The SMILES string of the molecule is COc1nccnc1OC1CCC(NC(=O)c2ccc(Cl)cc2)CC1. The van der Waals surface area contributed by atoms with E-state index in [0.717, 1.165) is 25.7 Å². The predicted molar refractivity (Wildman–Crippen MR) is 94.2 cm³/mol. The number of nitrogens with one attached hydrogen (secondary N) is 1. The zero-order valence-electron chi connectivity index (χ0n) is 13.9. The third-order valence-electron chi connectivity index (χ3n) is 4.22. The molecule has 0 spiro atoms. The molecule has 3 rings (SSSR count). The summed E-state index contributed by atoms with van der Waals surface area (Å²) in [5, 5.41) is 3.69. The fraction of sp³-hybridized carbons (Fsp3) is 0.389. The monoisotopic (exact) mass is 361 g/mol. The van der Waals surface area contributed by atoms with Gasteiger partial charge in [-0.05, 0) is 49.9 Å². The minimum Gasteiger partial charge on any atom is -0.477 e. The number of halogens is 1. The number of rotatable bonds is 5. The Bertz CT molecular complexity index is 716. The lowest BCUT2D eigenvalue weighted by Gasteiger charge is -2.29. The molecule has 1 N–H and O–H groups in total. The van der Waals surface area contributed by atoms with E-state index in [-0.39, 0.29) is 18.1 Å². The van der Waals surface area contributed by atoms with Crippen LogP contribution in [0.2, 0.25) is 5.02 Å². The third-order valence-corrected chi connectivity index (χ3v) is 4.47. The standard InChI is InChI=1S/C18H20ClN3O3/c1-24-17-18(21-11-10-20-17)25-15-8-6-14(7-9-15)22-16(23)12-2-4-13(19)5-3-12/h2-5,10-11,14-15H,6-9H2,1H3,(H,22,23). The number of carbonyl (C=O) groups is 1. The summed E-state index contributed by atoms with van der Waals surface area (Å²) >= 11 is 5.85. The van der Waals surface area contributed by atoms with Crippen LogP contribution in [-0.2, 0) is 0 Å². The van der Waals surface area contributed by atoms with E-state index in [9.17, 15) is 4.79 Å². The molecule has 7 heteroatoms. The Kier molecular flexibility index (Phi) is 5.71. The second-order valence-corrected chi connectivity index (χ2v) is 6.38. The van der Waals surface area contributed by atoms with Crippen molar-refractivity contribution in [1.82, 2.24) is 15.3 Å². The van der Waals surface area contributed by atoms with E-state index in [0.29, 0.717) is 22.3 Å². The predicted octanol–water partition coefficient (Wildman–Crippen LogP) is 3.26. The highest BCUT2D eigenvalue weighted by Crippen LogP contribution is 2.27. The Morgan fingerprint density at radius 1 is 1.08 bits per heavy atom. The van der Waals surface area contributed by atoms with E-state index < -0.39 is 0 Å². The van der Waals surface area contributed by atoms with Crippen molar-refractivity contribution >= 4 is 17.5 Å². The van der Waals surface area contributed by atoms with Crippen molar-refractivity contribution in [1.29, 1.82) is 0 Å². The van der Waals surface area contributed by atoms with Gasteiger partial charge in [-0.2, -0.15) is 0 Å². The normalized spacial score (nSPS) is 19.9. The van der Waals surface area contributed by atoms with Crippen LogP contribution >= 0.6 is 11.6 Å². The zero-order chi connectivity index (χ0) is 17.6. The van der Waals surface area contributed by atoms with E-state index in [1.165, 1.54) is 0 Å². The summed E-state index contributed by atoms with van der Waals surface area (Å²) in [6.07, 6.45) is 6.58. The van der Waals surface area contributed by atoms with Crippen LogP contribution in [0.4, 0.5) is 0 Å². The molecule has 1 aromatic heterocycles. The van der Waals surface area contributed by atoms with Gasteiger partial charge in [-0.15, -0.1) is 0 Å². The molecule has 1 fully saturated rings. The largest absolute Gasteiger partial charge is 0.477 e. The molecule has 25 heavy (non-hydrogen) atoms. The quantitative estimate of drug-likeness (QED) is 0.884. The average molecular weight is 362 g/mol. The highest BCUT2D eigenvalue weighted by atomic mass is 35.5. The summed E-state index contributed by atoms with van der Waals surface area (Å²) < 4.78 is 11.1. The molecule has 132 valence electrons.